The molecular formula is C23H23NO5. The molecule has 3 rings (SSSR count). The molecule has 0 fully saturated rings. The summed E-state index contributed by atoms with van der Waals surface area (Å²) in [5.41, 5.74) is 2.32. The lowest BCUT2D eigenvalue weighted by Gasteiger charge is -2.13. The molecule has 29 heavy (non-hydrogen) atoms. The second kappa shape index (κ2) is 9.10. The Balaban J connectivity index is 1.81. The summed E-state index contributed by atoms with van der Waals surface area (Å²) in [6.45, 7) is 4.35. The van der Waals surface area contributed by atoms with E-state index in [-0.39, 0.29) is 12.5 Å². The van der Waals surface area contributed by atoms with Gasteiger partial charge in [0.15, 0.2) is 0 Å². The normalized spacial score (nSPS) is 11.0. The van der Waals surface area contributed by atoms with Crippen LogP contribution in [0, 0.1) is 6.92 Å². The average molecular weight is 393 g/mol. The molecule has 6 heteroatoms. The molecule has 0 saturated carbocycles. The molecule has 0 radical (unpaired) electrons. The molecule has 1 N–H and O–H groups in total. The molecule has 0 unspecified atom stereocenters. The Bertz CT molecular complexity index is 1100. The van der Waals surface area contributed by atoms with E-state index in [9.17, 15) is 9.59 Å². The van der Waals surface area contributed by atoms with E-state index in [0.717, 1.165) is 22.3 Å². The van der Waals surface area contributed by atoms with Crippen LogP contribution in [0.1, 0.15) is 23.6 Å². The number of carbonyl (C=O) groups excluding carboxylic acids is 1. The Morgan fingerprint density at radius 1 is 1.17 bits per heavy atom. The summed E-state index contributed by atoms with van der Waals surface area (Å²) in [6.07, 6.45) is 3.17. The summed E-state index contributed by atoms with van der Waals surface area (Å²) < 4.78 is 16.2. The van der Waals surface area contributed by atoms with E-state index in [0.29, 0.717) is 23.5 Å². The van der Waals surface area contributed by atoms with Gasteiger partial charge in [0.2, 0.25) is 5.91 Å². The van der Waals surface area contributed by atoms with E-state index in [1.165, 1.54) is 12.1 Å². The van der Waals surface area contributed by atoms with Crippen molar-refractivity contribution in [2.75, 3.05) is 13.7 Å². The molecule has 150 valence electrons. The summed E-state index contributed by atoms with van der Waals surface area (Å²) in [5.74, 6) is 1.06. The highest BCUT2D eigenvalue weighted by molar-refractivity contribution is 5.92. The fraction of sp³-hybridized carbons (Fsp3) is 0.217. The molecule has 0 bridgehead atoms. The molecule has 1 aromatic heterocycles. The van der Waals surface area contributed by atoms with Gasteiger partial charge in [-0.3, -0.25) is 4.79 Å². The third-order valence-electron chi connectivity index (χ3n) is 4.46. The van der Waals surface area contributed by atoms with E-state index >= 15 is 0 Å². The second-order valence-electron chi connectivity index (χ2n) is 6.42. The number of methoxy groups -OCH3 is 1. The van der Waals surface area contributed by atoms with Crippen LogP contribution in [-0.2, 0) is 11.3 Å². The van der Waals surface area contributed by atoms with Gasteiger partial charge in [-0.2, -0.15) is 0 Å². The van der Waals surface area contributed by atoms with Crippen LogP contribution in [0.25, 0.3) is 17.0 Å². The first-order valence-corrected chi connectivity index (χ1v) is 9.31. The standard InChI is InChI=1S/C23H23NO5/c1-4-28-20-11-10-18-15(2)13-22(26)29-23(18)19(20)14-24-21(25)12-7-16-5-8-17(27-3)9-6-16/h5-13H,4,14H2,1-3H3,(H,24,25)/b12-7+. The van der Waals surface area contributed by atoms with Crippen molar-refractivity contribution < 1.29 is 18.7 Å². The predicted octanol–water partition coefficient (Wildman–Crippen LogP) is 3.84. The van der Waals surface area contributed by atoms with Gasteiger partial charge in [-0.15, -0.1) is 0 Å². The van der Waals surface area contributed by atoms with Crippen LogP contribution < -0.4 is 20.4 Å². The number of hydrogen-bond acceptors (Lipinski definition) is 5. The lowest BCUT2D eigenvalue weighted by atomic mass is 10.1. The van der Waals surface area contributed by atoms with Gasteiger partial charge >= 0.3 is 5.63 Å². The van der Waals surface area contributed by atoms with Crippen LogP contribution in [0.5, 0.6) is 11.5 Å². The van der Waals surface area contributed by atoms with Crippen LogP contribution >= 0.6 is 0 Å². The minimum absolute atomic E-state index is 0.171. The fourth-order valence-electron chi connectivity index (χ4n) is 3.00. The van der Waals surface area contributed by atoms with E-state index < -0.39 is 5.63 Å². The van der Waals surface area contributed by atoms with Crippen molar-refractivity contribution in [2.24, 2.45) is 0 Å². The van der Waals surface area contributed by atoms with Crippen LogP contribution in [0.15, 0.2) is 57.8 Å². The lowest BCUT2D eigenvalue weighted by Crippen LogP contribution is -2.21. The third kappa shape index (κ3) is 4.85. The molecular weight excluding hydrogens is 370 g/mol. The molecule has 0 spiro atoms. The SMILES string of the molecule is CCOc1ccc2c(C)cc(=O)oc2c1CNC(=O)/C=C/c1ccc(OC)cc1. The van der Waals surface area contributed by atoms with Gasteiger partial charge in [-0.05, 0) is 55.3 Å². The van der Waals surface area contributed by atoms with E-state index in [4.69, 9.17) is 13.9 Å². The number of hydrogen-bond donors (Lipinski definition) is 1. The number of nitrogens with one attached hydrogen (secondary N) is 1. The zero-order valence-corrected chi connectivity index (χ0v) is 16.7. The quantitative estimate of drug-likeness (QED) is 0.487. The Hall–Kier alpha value is -3.54. The van der Waals surface area contributed by atoms with E-state index in [2.05, 4.69) is 5.32 Å². The van der Waals surface area contributed by atoms with Crippen LogP contribution in [-0.4, -0.2) is 19.6 Å². The summed E-state index contributed by atoms with van der Waals surface area (Å²) >= 11 is 0. The second-order valence-corrected chi connectivity index (χ2v) is 6.42. The highest BCUT2D eigenvalue weighted by Gasteiger charge is 2.14. The van der Waals surface area contributed by atoms with Crippen molar-refractivity contribution in [1.82, 2.24) is 5.32 Å². The maximum absolute atomic E-state index is 12.3. The molecule has 0 aliphatic heterocycles. The Morgan fingerprint density at radius 3 is 2.62 bits per heavy atom. The summed E-state index contributed by atoms with van der Waals surface area (Å²) in [5, 5.41) is 3.64. The van der Waals surface area contributed by atoms with Crippen LogP contribution in [0.4, 0.5) is 0 Å². The number of ether oxygens (including phenoxy) is 2. The first-order chi connectivity index (χ1) is 14.0. The van der Waals surface area contributed by atoms with Crippen LogP contribution in [0.3, 0.4) is 0 Å². The Labute approximate surface area is 168 Å². The molecule has 1 amide bonds. The molecule has 0 aliphatic carbocycles. The van der Waals surface area contributed by atoms with Crippen molar-refractivity contribution in [3.8, 4) is 11.5 Å². The number of carbonyl (C=O) groups is 1. The zero-order valence-electron chi connectivity index (χ0n) is 16.7. The Morgan fingerprint density at radius 2 is 1.93 bits per heavy atom. The van der Waals surface area contributed by atoms with Gasteiger partial charge in [0.25, 0.3) is 0 Å². The minimum atomic E-state index is -0.435. The van der Waals surface area contributed by atoms with Crippen LogP contribution in [0.2, 0.25) is 0 Å². The molecule has 0 atom stereocenters. The van der Waals surface area contributed by atoms with Crippen molar-refractivity contribution in [1.29, 1.82) is 0 Å². The lowest BCUT2D eigenvalue weighted by molar-refractivity contribution is -0.116. The summed E-state index contributed by atoms with van der Waals surface area (Å²) in [6, 6.07) is 12.5. The molecule has 1 heterocycles. The first kappa shape index (κ1) is 20.2. The van der Waals surface area contributed by atoms with Crippen molar-refractivity contribution in [3.05, 3.63) is 75.7 Å². The van der Waals surface area contributed by atoms with Crippen molar-refractivity contribution in [3.63, 3.8) is 0 Å². The molecule has 0 saturated heterocycles. The largest absolute Gasteiger partial charge is 0.497 e. The summed E-state index contributed by atoms with van der Waals surface area (Å²) in [4.78, 5) is 24.2. The van der Waals surface area contributed by atoms with Gasteiger partial charge in [-0.1, -0.05) is 12.1 Å². The summed E-state index contributed by atoms with van der Waals surface area (Å²) in [7, 11) is 1.60. The zero-order chi connectivity index (χ0) is 20.8. The first-order valence-electron chi connectivity index (χ1n) is 9.31. The number of fused-ring (bicyclic) bond motifs is 1. The van der Waals surface area contributed by atoms with Gasteiger partial charge in [-0.25, -0.2) is 4.79 Å². The number of benzene rings is 2. The molecule has 3 aromatic rings. The topological polar surface area (TPSA) is 77.8 Å². The van der Waals surface area contributed by atoms with Crippen molar-refractivity contribution in [2.45, 2.75) is 20.4 Å². The van der Waals surface area contributed by atoms with Gasteiger partial charge < -0.3 is 19.2 Å². The maximum Gasteiger partial charge on any atom is 0.336 e. The highest BCUT2D eigenvalue weighted by atomic mass is 16.5. The number of aryl methyl sites for hydroxylation is 1. The Kier molecular flexibility index (Phi) is 6.34. The van der Waals surface area contributed by atoms with E-state index in [1.54, 1.807) is 13.2 Å². The minimum Gasteiger partial charge on any atom is -0.497 e. The fourth-order valence-corrected chi connectivity index (χ4v) is 3.00. The predicted molar refractivity (Wildman–Crippen MR) is 112 cm³/mol. The smallest absolute Gasteiger partial charge is 0.336 e. The average Bonchev–Trinajstić information content (AvgIpc) is 2.71. The molecule has 0 aliphatic rings. The number of rotatable bonds is 7. The highest BCUT2D eigenvalue weighted by Crippen LogP contribution is 2.29. The maximum atomic E-state index is 12.3. The third-order valence-corrected chi connectivity index (χ3v) is 4.46. The molecule has 6 nitrogen and oxygen atoms in total. The molecule has 2 aromatic carbocycles. The van der Waals surface area contributed by atoms with Gasteiger partial charge in [0, 0.05) is 17.5 Å². The van der Waals surface area contributed by atoms with Gasteiger partial charge in [0.05, 0.1) is 25.8 Å². The van der Waals surface area contributed by atoms with Gasteiger partial charge in [0.1, 0.15) is 17.1 Å². The number of amides is 1. The monoisotopic (exact) mass is 393 g/mol. The van der Waals surface area contributed by atoms with E-state index in [1.807, 2.05) is 50.2 Å². The van der Waals surface area contributed by atoms with Crippen molar-refractivity contribution >= 4 is 23.0 Å².